The summed E-state index contributed by atoms with van der Waals surface area (Å²) in [5.41, 5.74) is 0.700. The third kappa shape index (κ3) is 8.09. The van der Waals surface area contributed by atoms with E-state index in [0.717, 1.165) is 31.8 Å². The van der Waals surface area contributed by atoms with Crippen LogP contribution in [0, 0.1) is 0 Å². The summed E-state index contributed by atoms with van der Waals surface area (Å²) < 4.78 is 11.2. The number of carbonyl (C=O) groups is 1. The van der Waals surface area contributed by atoms with Crippen LogP contribution >= 0.6 is 0 Å². The van der Waals surface area contributed by atoms with Gasteiger partial charge in [0.05, 0.1) is 6.61 Å². The molecular formula is C21H34N2O3. The lowest BCUT2D eigenvalue weighted by molar-refractivity contribution is 0.0833. The lowest BCUT2D eigenvalue weighted by Crippen LogP contribution is -2.37. The monoisotopic (exact) mass is 362 g/mol. The molecule has 1 amide bonds. The fourth-order valence-corrected chi connectivity index (χ4v) is 3.26. The van der Waals surface area contributed by atoms with E-state index in [0.29, 0.717) is 12.3 Å². The van der Waals surface area contributed by atoms with Gasteiger partial charge in [0.1, 0.15) is 11.9 Å². The Morgan fingerprint density at radius 3 is 2.77 bits per heavy atom. The highest BCUT2D eigenvalue weighted by Crippen LogP contribution is 2.18. The van der Waals surface area contributed by atoms with Gasteiger partial charge in [-0.3, -0.25) is 10.2 Å². The maximum absolute atomic E-state index is 12.1. The first-order valence-corrected chi connectivity index (χ1v) is 10.1. The molecule has 146 valence electrons. The predicted molar refractivity (Wildman–Crippen MR) is 106 cm³/mol. The van der Waals surface area contributed by atoms with Crippen molar-refractivity contribution in [2.45, 2.75) is 64.9 Å². The van der Waals surface area contributed by atoms with E-state index in [-0.39, 0.29) is 6.10 Å². The molecule has 1 fully saturated rings. The third-order valence-electron chi connectivity index (χ3n) is 4.62. The number of likely N-dealkylation sites (tertiary alicyclic amines) is 1. The molecule has 0 saturated carbocycles. The highest BCUT2D eigenvalue weighted by atomic mass is 16.6. The van der Waals surface area contributed by atoms with E-state index in [1.807, 2.05) is 31.2 Å². The summed E-state index contributed by atoms with van der Waals surface area (Å²) in [7, 11) is 0. The zero-order valence-electron chi connectivity index (χ0n) is 16.3. The van der Waals surface area contributed by atoms with E-state index >= 15 is 0 Å². The number of nitrogens with zero attached hydrogens (tertiary/aromatic N) is 1. The molecule has 1 aliphatic rings. The van der Waals surface area contributed by atoms with Crippen molar-refractivity contribution in [3.63, 3.8) is 0 Å². The number of anilines is 1. The summed E-state index contributed by atoms with van der Waals surface area (Å²) in [6, 6.07) is 7.49. The van der Waals surface area contributed by atoms with Gasteiger partial charge >= 0.3 is 6.09 Å². The van der Waals surface area contributed by atoms with Crippen molar-refractivity contribution in [2.75, 3.05) is 31.6 Å². The number of hydrogen-bond donors (Lipinski definition) is 1. The molecule has 1 N–H and O–H groups in total. The van der Waals surface area contributed by atoms with Crippen molar-refractivity contribution in [1.29, 1.82) is 0 Å². The van der Waals surface area contributed by atoms with Gasteiger partial charge in [-0.25, -0.2) is 4.79 Å². The van der Waals surface area contributed by atoms with Crippen LogP contribution in [-0.2, 0) is 4.74 Å². The molecule has 5 heteroatoms. The molecule has 26 heavy (non-hydrogen) atoms. The minimum Gasteiger partial charge on any atom is -0.494 e. The Hall–Kier alpha value is -1.75. The van der Waals surface area contributed by atoms with Gasteiger partial charge in [-0.05, 0) is 51.4 Å². The number of unbranched alkanes of at least 4 members (excludes halogenated alkanes) is 3. The zero-order valence-corrected chi connectivity index (χ0v) is 16.3. The zero-order chi connectivity index (χ0) is 18.6. The smallest absolute Gasteiger partial charge is 0.411 e. The normalized spacial score (nSPS) is 16.1. The van der Waals surface area contributed by atoms with Crippen molar-refractivity contribution in [3.05, 3.63) is 24.3 Å². The van der Waals surface area contributed by atoms with Gasteiger partial charge in [0.2, 0.25) is 0 Å². The van der Waals surface area contributed by atoms with Crippen LogP contribution in [0.2, 0.25) is 0 Å². The number of nitrogens with one attached hydrogen (secondary N) is 1. The second-order valence-electron chi connectivity index (χ2n) is 7.14. The lowest BCUT2D eigenvalue weighted by atomic mass is 10.1. The summed E-state index contributed by atoms with van der Waals surface area (Å²) in [4.78, 5) is 14.5. The number of amides is 1. The molecule has 1 aliphatic heterocycles. The summed E-state index contributed by atoms with van der Waals surface area (Å²) in [6.45, 7) is 7.86. The average Bonchev–Trinajstić information content (AvgIpc) is 2.62. The fourth-order valence-electron chi connectivity index (χ4n) is 3.26. The Kier molecular flexibility index (Phi) is 9.32. The van der Waals surface area contributed by atoms with Gasteiger partial charge in [0.25, 0.3) is 0 Å². The summed E-state index contributed by atoms with van der Waals surface area (Å²) in [6.07, 6.45) is 7.97. The predicted octanol–water partition coefficient (Wildman–Crippen LogP) is 5.07. The van der Waals surface area contributed by atoms with Crippen LogP contribution < -0.4 is 10.1 Å². The second-order valence-corrected chi connectivity index (χ2v) is 7.14. The highest BCUT2D eigenvalue weighted by molar-refractivity contribution is 5.84. The Labute approximate surface area is 158 Å². The van der Waals surface area contributed by atoms with Crippen LogP contribution in [0.1, 0.15) is 58.8 Å². The molecule has 0 bridgehead atoms. The molecule has 5 nitrogen and oxygen atoms in total. The SMILES string of the molecule is CCCCCCOc1cccc(NC(=O)OC(C)CN2CCCCC2)c1. The van der Waals surface area contributed by atoms with Gasteiger partial charge in [-0.1, -0.05) is 38.7 Å². The van der Waals surface area contributed by atoms with Crippen molar-refractivity contribution >= 4 is 11.8 Å². The van der Waals surface area contributed by atoms with Crippen LogP contribution in [-0.4, -0.2) is 43.3 Å². The Bertz CT molecular complexity index is 530. The molecule has 1 aromatic carbocycles. The molecule has 1 saturated heterocycles. The quantitative estimate of drug-likeness (QED) is 0.591. The first-order valence-electron chi connectivity index (χ1n) is 10.1. The van der Waals surface area contributed by atoms with Gasteiger partial charge in [-0.15, -0.1) is 0 Å². The van der Waals surface area contributed by atoms with Crippen molar-refractivity contribution in [2.24, 2.45) is 0 Å². The lowest BCUT2D eigenvalue weighted by Gasteiger charge is -2.28. The highest BCUT2D eigenvalue weighted by Gasteiger charge is 2.16. The maximum Gasteiger partial charge on any atom is 0.411 e. The summed E-state index contributed by atoms with van der Waals surface area (Å²) in [5.74, 6) is 0.778. The molecule has 0 aliphatic carbocycles. The van der Waals surface area contributed by atoms with Crippen molar-refractivity contribution < 1.29 is 14.3 Å². The minimum absolute atomic E-state index is 0.119. The van der Waals surface area contributed by atoms with Crippen LogP contribution in [0.15, 0.2) is 24.3 Å². The van der Waals surface area contributed by atoms with Crippen LogP contribution in [0.5, 0.6) is 5.75 Å². The second kappa shape index (κ2) is 11.8. The molecule has 1 unspecified atom stereocenters. The topological polar surface area (TPSA) is 50.8 Å². The molecular weight excluding hydrogens is 328 g/mol. The van der Waals surface area contributed by atoms with Gasteiger partial charge < -0.3 is 9.47 Å². The summed E-state index contributed by atoms with van der Waals surface area (Å²) >= 11 is 0. The van der Waals surface area contributed by atoms with E-state index in [9.17, 15) is 4.79 Å². The Morgan fingerprint density at radius 1 is 1.19 bits per heavy atom. The number of hydrogen-bond acceptors (Lipinski definition) is 4. The molecule has 0 radical (unpaired) electrons. The first kappa shape index (κ1) is 20.6. The first-order chi connectivity index (χ1) is 12.7. The van der Waals surface area contributed by atoms with Crippen LogP contribution in [0.25, 0.3) is 0 Å². The van der Waals surface area contributed by atoms with E-state index < -0.39 is 6.09 Å². The van der Waals surface area contributed by atoms with Gasteiger partial charge in [-0.2, -0.15) is 0 Å². The molecule has 0 aromatic heterocycles. The van der Waals surface area contributed by atoms with Gasteiger partial charge in [0.15, 0.2) is 0 Å². The Balaban J connectivity index is 1.71. The van der Waals surface area contributed by atoms with E-state index in [2.05, 4.69) is 17.1 Å². The van der Waals surface area contributed by atoms with E-state index in [1.54, 1.807) is 0 Å². The van der Waals surface area contributed by atoms with Crippen molar-refractivity contribution in [3.8, 4) is 5.75 Å². The average molecular weight is 363 g/mol. The molecule has 1 heterocycles. The number of piperidine rings is 1. The van der Waals surface area contributed by atoms with Gasteiger partial charge in [0, 0.05) is 18.3 Å². The number of carbonyl (C=O) groups excluding carboxylic acids is 1. The molecule has 2 rings (SSSR count). The fraction of sp³-hybridized carbons (Fsp3) is 0.667. The van der Waals surface area contributed by atoms with E-state index in [4.69, 9.17) is 9.47 Å². The summed E-state index contributed by atoms with van der Waals surface area (Å²) in [5, 5.41) is 2.80. The number of ether oxygens (including phenoxy) is 2. The largest absolute Gasteiger partial charge is 0.494 e. The molecule has 1 aromatic rings. The van der Waals surface area contributed by atoms with Crippen molar-refractivity contribution in [1.82, 2.24) is 4.90 Å². The number of benzene rings is 1. The third-order valence-corrected chi connectivity index (χ3v) is 4.62. The molecule has 0 spiro atoms. The van der Waals surface area contributed by atoms with Crippen LogP contribution in [0.3, 0.4) is 0 Å². The minimum atomic E-state index is -0.408. The van der Waals surface area contributed by atoms with Crippen LogP contribution in [0.4, 0.5) is 10.5 Å². The maximum atomic E-state index is 12.1. The Morgan fingerprint density at radius 2 is 2.00 bits per heavy atom. The number of rotatable bonds is 10. The van der Waals surface area contributed by atoms with E-state index in [1.165, 1.54) is 38.5 Å². The standard InChI is InChI=1S/C21H34N2O3/c1-3-4-5-9-15-25-20-12-10-11-19(16-20)22-21(24)26-18(2)17-23-13-7-6-8-14-23/h10-12,16,18H,3-9,13-15,17H2,1-2H3,(H,22,24). The molecule has 1 atom stereocenters.